The molecule has 1 aromatic heterocycles. The standard InChI is InChI=1S/C13H17N3O2/c1-4-7-14-12(17)9-5-6-10-11(8-9)16(3)13(18)15(10)2/h5-6,8H,4,7H2,1-3H3,(H,14,17). The highest BCUT2D eigenvalue weighted by molar-refractivity contribution is 5.97. The number of imidazole rings is 1. The minimum Gasteiger partial charge on any atom is -0.352 e. The predicted octanol–water partition coefficient (Wildman–Crippen LogP) is 1.02. The monoisotopic (exact) mass is 247 g/mol. The van der Waals surface area contributed by atoms with Gasteiger partial charge in [0.1, 0.15) is 0 Å². The number of fused-ring (bicyclic) bond motifs is 1. The van der Waals surface area contributed by atoms with Crippen molar-refractivity contribution in [1.82, 2.24) is 14.5 Å². The Labute approximate surface area is 105 Å². The summed E-state index contributed by atoms with van der Waals surface area (Å²) in [6.07, 6.45) is 0.901. The molecular formula is C13H17N3O2. The van der Waals surface area contributed by atoms with Gasteiger partial charge in [0, 0.05) is 26.2 Å². The molecule has 1 N–H and O–H groups in total. The van der Waals surface area contributed by atoms with Crippen molar-refractivity contribution in [3.8, 4) is 0 Å². The molecule has 5 heteroatoms. The lowest BCUT2D eigenvalue weighted by molar-refractivity contribution is 0.0954. The summed E-state index contributed by atoms with van der Waals surface area (Å²) in [7, 11) is 3.43. The molecule has 0 saturated heterocycles. The molecule has 1 heterocycles. The van der Waals surface area contributed by atoms with Crippen LogP contribution in [0.25, 0.3) is 11.0 Å². The van der Waals surface area contributed by atoms with Gasteiger partial charge in [0.15, 0.2) is 0 Å². The lowest BCUT2D eigenvalue weighted by Gasteiger charge is -2.04. The molecule has 0 fully saturated rings. The maximum atomic E-state index is 11.8. The van der Waals surface area contributed by atoms with Gasteiger partial charge in [-0.15, -0.1) is 0 Å². The number of aromatic nitrogens is 2. The molecule has 2 rings (SSSR count). The molecule has 0 saturated carbocycles. The number of aryl methyl sites for hydroxylation is 2. The fraction of sp³-hybridized carbons (Fsp3) is 0.385. The van der Waals surface area contributed by atoms with Gasteiger partial charge in [-0.25, -0.2) is 4.79 Å². The van der Waals surface area contributed by atoms with Crippen molar-refractivity contribution in [2.45, 2.75) is 13.3 Å². The summed E-state index contributed by atoms with van der Waals surface area (Å²) < 4.78 is 3.12. The average Bonchev–Trinajstić information content (AvgIpc) is 2.61. The minimum atomic E-state index is -0.102. The van der Waals surface area contributed by atoms with Crippen LogP contribution in [-0.4, -0.2) is 21.6 Å². The maximum Gasteiger partial charge on any atom is 0.328 e. The first-order valence-corrected chi connectivity index (χ1v) is 6.00. The average molecular weight is 247 g/mol. The van der Waals surface area contributed by atoms with Gasteiger partial charge in [-0.2, -0.15) is 0 Å². The van der Waals surface area contributed by atoms with Gasteiger partial charge >= 0.3 is 5.69 Å². The number of carbonyl (C=O) groups is 1. The Hall–Kier alpha value is -2.04. The number of hydrogen-bond acceptors (Lipinski definition) is 2. The third-order valence-electron chi connectivity index (χ3n) is 3.07. The van der Waals surface area contributed by atoms with E-state index in [0.717, 1.165) is 17.5 Å². The topological polar surface area (TPSA) is 56.0 Å². The lowest BCUT2D eigenvalue weighted by Crippen LogP contribution is -2.23. The lowest BCUT2D eigenvalue weighted by atomic mass is 10.2. The normalized spacial score (nSPS) is 10.8. The van der Waals surface area contributed by atoms with E-state index in [1.807, 2.05) is 6.92 Å². The van der Waals surface area contributed by atoms with Crippen molar-refractivity contribution >= 4 is 16.9 Å². The molecule has 5 nitrogen and oxygen atoms in total. The first-order valence-electron chi connectivity index (χ1n) is 6.00. The Morgan fingerprint density at radius 2 is 1.89 bits per heavy atom. The summed E-state index contributed by atoms with van der Waals surface area (Å²) in [5.41, 5.74) is 2.09. The number of amides is 1. The van der Waals surface area contributed by atoms with Crippen molar-refractivity contribution in [1.29, 1.82) is 0 Å². The zero-order valence-corrected chi connectivity index (χ0v) is 10.9. The van der Waals surface area contributed by atoms with Gasteiger partial charge in [0.05, 0.1) is 11.0 Å². The summed E-state index contributed by atoms with van der Waals surface area (Å²) in [6, 6.07) is 5.30. The Bertz CT molecular complexity index is 652. The van der Waals surface area contributed by atoms with E-state index >= 15 is 0 Å². The summed E-state index contributed by atoms with van der Waals surface area (Å²) >= 11 is 0. The molecule has 2 aromatic rings. The van der Waals surface area contributed by atoms with Crippen LogP contribution in [0.2, 0.25) is 0 Å². The van der Waals surface area contributed by atoms with Crippen molar-refractivity contribution < 1.29 is 4.79 Å². The Morgan fingerprint density at radius 3 is 2.56 bits per heavy atom. The van der Waals surface area contributed by atoms with Gasteiger partial charge < -0.3 is 5.32 Å². The van der Waals surface area contributed by atoms with Crippen LogP contribution in [-0.2, 0) is 14.1 Å². The second-order valence-corrected chi connectivity index (χ2v) is 4.36. The van der Waals surface area contributed by atoms with E-state index in [9.17, 15) is 9.59 Å². The number of nitrogens with zero attached hydrogens (tertiary/aromatic N) is 2. The zero-order chi connectivity index (χ0) is 13.3. The molecule has 18 heavy (non-hydrogen) atoms. The number of nitrogens with one attached hydrogen (secondary N) is 1. The second kappa shape index (κ2) is 4.68. The molecular weight excluding hydrogens is 230 g/mol. The highest BCUT2D eigenvalue weighted by Crippen LogP contribution is 2.13. The summed E-state index contributed by atoms with van der Waals surface area (Å²) in [5, 5.41) is 2.82. The molecule has 96 valence electrons. The van der Waals surface area contributed by atoms with Crippen molar-refractivity contribution in [2.75, 3.05) is 6.54 Å². The highest BCUT2D eigenvalue weighted by Gasteiger charge is 2.11. The largest absolute Gasteiger partial charge is 0.352 e. The van der Waals surface area contributed by atoms with Gasteiger partial charge in [-0.05, 0) is 24.6 Å². The number of benzene rings is 1. The molecule has 0 atom stereocenters. The van der Waals surface area contributed by atoms with Crippen LogP contribution in [0, 0.1) is 0 Å². The number of carbonyl (C=O) groups excluding carboxylic acids is 1. The third-order valence-corrected chi connectivity index (χ3v) is 3.07. The Kier molecular flexibility index (Phi) is 3.23. The quantitative estimate of drug-likeness (QED) is 0.880. The molecule has 1 amide bonds. The molecule has 0 aliphatic heterocycles. The van der Waals surface area contributed by atoms with E-state index in [1.54, 1.807) is 41.4 Å². The van der Waals surface area contributed by atoms with Crippen LogP contribution < -0.4 is 11.0 Å². The summed E-state index contributed by atoms with van der Waals surface area (Å²) in [5.74, 6) is -0.102. The van der Waals surface area contributed by atoms with E-state index in [1.165, 1.54) is 0 Å². The van der Waals surface area contributed by atoms with E-state index < -0.39 is 0 Å². The van der Waals surface area contributed by atoms with Crippen molar-refractivity contribution in [3.63, 3.8) is 0 Å². The van der Waals surface area contributed by atoms with Gasteiger partial charge in [0.25, 0.3) is 5.91 Å². The van der Waals surface area contributed by atoms with Crippen LogP contribution >= 0.6 is 0 Å². The highest BCUT2D eigenvalue weighted by atomic mass is 16.2. The second-order valence-electron chi connectivity index (χ2n) is 4.36. The van der Waals surface area contributed by atoms with Crippen LogP contribution in [0.3, 0.4) is 0 Å². The minimum absolute atomic E-state index is 0.0869. The molecule has 0 bridgehead atoms. The smallest absolute Gasteiger partial charge is 0.328 e. The number of hydrogen-bond donors (Lipinski definition) is 1. The van der Waals surface area contributed by atoms with Crippen molar-refractivity contribution in [2.24, 2.45) is 14.1 Å². The van der Waals surface area contributed by atoms with E-state index in [0.29, 0.717) is 12.1 Å². The van der Waals surface area contributed by atoms with E-state index in [2.05, 4.69) is 5.32 Å². The fourth-order valence-corrected chi connectivity index (χ4v) is 1.99. The SMILES string of the molecule is CCCNC(=O)c1ccc2c(c1)n(C)c(=O)n2C. The molecule has 0 unspecified atom stereocenters. The summed E-state index contributed by atoms with van der Waals surface area (Å²) in [4.78, 5) is 23.6. The summed E-state index contributed by atoms with van der Waals surface area (Å²) in [6.45, 7) is 2.66. The van der Waals surface area contributed by atoms with Crippen LogP contribution in [0.5, 0.6) is 0 Å². The van der Waals surface area contributed by atoms with Crippen LogP contribution in [0.4, 0.5) is 0 Å². The molecule has 0 aliphatic rings. The third kappa shape index (κ3) is 1.92. The number of rotatable bonds is 3. The molecule has 0 aliphatic carbocycles. The van der Waals surface area contributed by atoms with E-state index in [-0.39, 0.29) is 11.6 Å². The van der Waals surface area contributed by atoms with Crippen molar-refractivity contribution in [3.05, 3.63) is 34.2 Å². The first-order chi connectivity index (χ1) is 8.56. The predicted molar refractivity (Wildman–Crippen MR) is 70.8 cm³/mol. The zero-order valence-electron chi connectivity index (χ0n) is 10.9. The molecule has 0 radical (unpaired) electrons. The van der Waals surface area contributed by atoms with E-state index in [4.69, 9.17) is 0 Å². The maximum absolute atomic E-state index is 11.8. The van der Waals surface area contributed by atoms with Gasteiger partial charge in [0.2, 0.25) is 0 Å². The van der Waals surface area contributed by atoms with Crippen LogP contribution in [0.15, 0.2) is 23.0 Å². The fourth-order valence-electron chi connectivity index (χ4n) is 1.99. The molecule has 1 aromatic carbocycles. The molecule has 0 spiro atoms. The first kappa shape index (κ1) is 12.4. The Balaban J connectivity index is 2.48. The van der Waals surface area contributed by atoms with Gasteiger partial charge in [-0.3, -0.25) is 13.9 Å². The Morgan fingerprint density at radius 1 is 1.22 bits per heavy atom. The van der Waals surface area contributed by atoms with Crippen LogP contribution in [0.1, 0.15) is 23.7 Å². The van der Waals surface area contributed by atoms with Gasteiger partial charge in [-0.1, -0.05) is 6.92 Å².